The van der Waals surface area contributed by atoms with Gasteiger partial charge in [0.2, 0.25) is 11.8 Å². The van der Waals surface area contributed by atoms with Crippen LogP contribution >= 0.6 is 0 Å². The Bertz CT molecular complexity index is 838. The Morgan fingerprint density at radius 3 is 2.65 bits per heavy atom. The number of carbonyl (C=O) groups excluding carboxylic acids is 3. The Morgan fingerprint density at radius 1 is 1.23 bits per heavy atom. The van der Waals surface area contributed by atoms with Crippen LogP contribution in [-0.2, 0) is 22.2 Å². The molecular formula is C17H16F3N3O3. The van der Waals surface area contributed by atoms with Crippen LogP contribution in [-0.4, -0.2) is 42.4 Å². The molecule has 1 N–H and O–H groups in total. The molecule has 0 saturated carbocycles. The zero-order valence-corrected chi connectivity index (χ0v) is 13.9. The summed E-state index contributed by atoms with van der Waals surface area (Å²) in [6.07, 6.45) is -3.40. The van der Waals surface area contributed by atoms with E-state index in [0.717, 1.165) is 17.0 Å². The van der Waals surface area contributed by atoms with Gasteiger partial charge in [-0.2, -0.15) is 13.2 Å². The van der Waals surface area contributed by atoms with Crippen molar-refractivity contribution in [3.8, 4) is 0 Å². The average Bonchev–Trinajstić information content (AvgIpc) is 3.07. The summed E-state index contributed by atoms with van der Waals surface area (Å²) < 4.78 is 39.3. The monoisotopic (exact) mass is 367 g/mol. The number of hydrogen-bond acceptors (Lipinski definition) is 4. The van der Waals surface area contributed by atoms with Gasteiger partial charge in [-0.25, -0.2) is 4.79 Å². The van der Waals surface area contributed by atoms with Crippen molar-refractivity contribution >= 4 is 23.5 Å². The number of imide groups is 2. The van der Waals surface area contributed by atoms with Gasteiger partial charge in [0.1, 0.15) is 0 Å². The molecule has 2 unspecified atom stereocenters. The Kier molecular flexibility index (Phi) is 3.38. The van der Waals surface area contributed by atoms with Crippen molar-refractivity contribution in [3.63, 3.8) is 0 Å². The minimum Gasteiger partial charge on any atom is -0.367 e. The van der Waals surface area contributed by atoms with Crippen molar-refractivity contribution in [3.05, 3.63) is 29.3 Å². The SMILES string of the molecule is CN1C(=O)NC(=O)C2(Cc3cc(C(F)(F)F)ccc3N3CCCC32)C1=O. The lowest BCUT2D eigenvalue weighted by atomic mass is 9.68. The number of anilines is 1. The fourth-order valence-corrected chi connectivity index (χ4v) is 4.40. The molecule has 4 amide bonds. The van der Waals surface area contributed by atoms with Crippen molar-refractivity contribution in [2.45, 2.75) is 31.5 Å². The maximum atomic E-state index is 13.1. The first-order valence-electron chi connectivity index (χ1n) is 8.26. The van der Waals surface area contributed by atoms with Crippen molar-refractivity contribution < 1.29 is 27.6 Å². The smallest absolute Gasteiger partial charge is 0.367 e. The quantitative estimate of drug-likeness (QED) is 0.712. The predicted molar refractivity (Wildman–Crippen MR) is 84.3 cm³/mol. The molecule has 4 rings (SSSR count). The molecule has 138 valence electrons. The van der Waals surface area contributed by atoms with E-state index >= 15 is 0 Å². The summed E-state index contributed by atoms with van der Waals surface area (Å²) in [4.78, 5) is 40.1. The standard InChI is InChI=1S/C17H16F3N3O3/c1-22-14(25)16(13(24)21-15(22)26)8-9-7-10(17(18,19)20)4-5-11(9)23-6-2-3-12(16)23/h4-5,7,12H,2-3,6,8H2,1H3,(H,21,24,26). The molecule has 9 heteroatoms. The largest absolute Gasteiger partial charge is 0.416 e. The Morgan fingerprint density at radius 2 is 1.96 bits per heavy atom. The molecule has 3 aliphatic heterocycles. The zero-order valence-electron chi connectivity index (χ0n) is 13.9. The topological polar surface area (TPSA) is 69.7 Å². The van der Waals surface area contributed by atoms with Crippen molar-refractivity contribution in [2.24, 2.45) is 5.41 Å². The lowest BCUT2D eigenvalue weighted by Crippen LogP contribution is -2.70. The van der Waals surface area contributed by atoms with E-state index in [2.05, 4.69) is 5.32 Å². The van der Waals surface area contributed by atoms with E-state index in [1.165, 1.54) is 13.1 Å². The first-order valence-corrected chi connectivity index (χ1v) is 8.26. The highest BCUT2D eigenvalue weighted by Gasteiger charge is 2.62. The zero-order chi connectivity index (χ0) is 18.9. The van der Waals surface area contributed by atoms with Crippen LogP contribution in [0.5, 0.6) is 0 Å². The summed E-state index contributed by atoms with van der Waals surface area (Å²) in [5.74, 6) is -1.39. The molecule has 6 nitrogen and oxygen atoms in total. The normalized spacial score (nSPS) is 28.3. The van der Waals surface area contributed by atoms with Crippen LogP contribution in [0.25, 0.3) is 0 Å². The van der Waals surface area contributed by atoms with Crippen molar-refractivity contribution in [1.82, 2.24) is 10.2 Å². The second-order valence-electron chi connectivity index (χ2n) is 6.96. The van der Waals surface area contributed by atoms with E-state index in [9.17, 15) is 27.6 Å². The first-order chi connectivity index (χ1) is 12.2. The van der Waals surface area contributed by atoms with Crippen molar-refractivity contribution in [2.75, 3.05) is 18.5 Å². The number of halogens is 3. The number of benzene rings is 1. The third kappa shape index (κ3) is 2.09. The molecule has 3 heterocycles. The third-order valence-corrected chi connectivity index (χ3v) is 5.62. The third-order valence-electron chi connectivity index (χ3n) is 5.62. The lowest BCUT2D eigenvalue weighted by Gasteiger charge is -2.49. The van der Waals surface area contributed by atoms with Gasteiger partial charge in [0.25, 0.3) is 0 Å². The number of carbonyl (C=O) groups is 3. The molecule has 2 saturated heterocycles. The molecule has 0 bridgehead atoms. The van der Waals surface area contributed by atoms with Crippen LogP contribution < -0.4 is 10.2 Å². The molecule has 1 spiro atoms. The number of rotatable bonds is 0. The number of fused-ring (bicyclic) bond motifs is 4. The van der Waals surface area contributed by atoms with Gasteiger partial charge in [-0.15, -0.1) is 0 Å². The van der Waals surface area contributed by atoms with Gasteiger partial charge in [-0.1, -0.05) is 0 Å². The van der Waals surface area contributed by atoms with E-state index < -0.39 is 41.0 Å². The molecule has 2 fully saturated rings. The molecular weight excluding hydrogens is 351 g/mol. The highest BCUT2D eigenvalue weighted by Crippen LogP contribution is 2.49. The number of hydrogen-bond donors (Lipinski definition) is 1. The molecule has 1 aromatic rings. The highest BCUT2D eigenvalue weighted by molar-refractivity contribution is 6.20. The van der Waals surface area contributed by atoms with E-state index in [-0.39, 0.29) is 6.42 Å². The Balaban J connectivity index is 1.88. The summed E-state index contributed by atoms with van der Waals surface area (Å²) in [7, 11) is 1.27. The van der Waals surface area contributed by atoms with Crippen molar-refractivity contribution in [1.29, 1.82) is 0 Å². The number of nitrogens with one attached hydrogen (secondary N) is 1. The molecule has 0 aromatic heterocycles. The van der Waals surface area contributed by atoms with E-state index in [1.807, 2.05) is 4.90 Å². The summed E-state index contributed by atoms with van der Waals surface area (Å²) in [5.41, 5.74) is -1.50. The summed E-state index contributed by atoms with van der Waals surface area (Å²) >= 11 is 0. The number of urea groups is 1. The number of alkyl halides is 3. The molecule has 0 radical (unpaired) electrons. The van der Waals surface area contributed by atoms with E-state index in [0.29, 0.717) is 30.6 Å². The molecule has 2 atom stereocenters. The average molecular weight is 367 g/mol. The van der Waals surface area contributed by atoms with Gasteiger partial charge >= 0.3 is 12.2 Å². The van der Waals surface area contributed by atoms with Gasteiger partial charge < -0.3 is 4.90 Å². The minimum atomic E-state index is -4.52. The maximum Gasteiger partial charge on any atom is 0.416 e. The van der Waals surface area contributed by atoms with Crippen LogP contribution in [0.2, 0.25) is 0 Å². The fourth-order valence-electron chi connectivity index (χ4n) is 4.40. The number of amides is 4. The van der Waals surface area contributed by atoms with E-state index in [1.54, 1.807) is 0 Å². The van der Waals surface area contributed by atoms with Gasteiger partial charge in [0.15, 0.2) is 5.41 Å². The second kappa shape index (κ2) is 5.21. The van der Waals surface area contributed by atoms with Crippen LogP contribution in [0.15, 0.2) is 18.2 Å². The maximum absolute atomic E-state index is 13.1. The number of nitrogens with zero attached hydrogens (tertiary/aromatic N) is 2. The fraction of sp³-hybridized carbons (Fsp3) is 0.471. The van der Waals surface area contributed by atoms with Crippen LogP contribution in [0.3, 0.4) is 0 Å². The predicted octanol–water partition coefficient (Wildman–Crippen LogP) is 1.92. The molecule has 26 heavy (non-hydrogen) atoms. The minimum absolute atomic E-state index is 0.157. The lowest BCUT2D eigenvalue weighted by molar-refractivity contribution is -0.152. The first kappa shape index (κ1) is 16.9. The molecule has 3 aliphatic rings. The summed E-state index contributed by atoms with van der Waals surface area (Å²) in [6, 6.07) is 2.14. The highest BCUT2D eigenvalue weighted by atomic mass is 19.4. The van der Waals surface area contributed by atoms with Gasteiger partial charge in [-0.3, -0.25) is 19.8 Å². The second-order valence-corrected chi connectivity index (χ2v) is 6.96. The number of barbiturate groups is 1. The van der Waals surface area contributed by atoms with E-state index in [4.69, 9.17) is 0 Å². The molecule has 1 aromatic carbocycles. The molecule has 0 aliphatic carbocycles. The summed E-state index contributed by atoms with van der Waals surface area (Å²) in [6.45, 7) is 0.545. The van der Waals surface area contributed by atoms with Crippen LogP contribution in [0.1, 0.15) is 24.0 Å². The van der Waals surface area contributed by atoms with Gasteiger partial charge in [0.05, 0.1) is 11.6 Å². The van der Waals surface area contributed by atoms with Gasteiger partial charge in [0, 0.05) is 19.3 Å². The summed E-state index contributed by atoms with van der Waals surface area (Å²) in [5, 5.41) is 2.19. The Labute approximate surface area is 146 Å². The van der Waals surface area contributed by atoms with Crippen LogP contribution in [0.4, 0.5) is 23.7 Å². The Hall–Kier alpha value is -2.58. The van der Waals surface area contributed by atoms with Crippen LogP contribution in [0, 0.1) is 5.41 Å². The van der Waals surface area contributed by atoms with Gasteiger partial charge in [-0.05, 0) is 43.0 Å².